The van der Waals surface area contributed by atoms with Crippen LogP contribution in [0.1, 0.15) is 40.8 Å². The van der Waals surface area contributed by atoms with Gasteiger partial charge in [0.1, 0.15) is 17.6 Å². The predicted octanol–water partition coefficient (Wildman–Crippen LogP) is 6.63. The van der Waals surface area contributed by atoms with E-state index in [1.165, 1.54) is 16.2 Å². The highest BCUT2D eigenvalue weighted by molar-refractivity contribution is 9.10. The van der Waals surface area contributed by atoms with E-state index in [4.69, 9.17) is 9.72 Å². The number of nitrogens with zero attached hydrogens (tertiary/aromatic N) is 2. The third-order valence-corrected chi connectivity index (χ3v) is 8.35. The van der Waals surface area contributed by atoms with E-state index < -0.39 is 17.7 Å². The second kappa shape index (κ2) is 8.82. The summed E-state index contributed by atoms with van der Waals surface area (Å²) in [5.41, 5.74) is 5.09. The Bertz CT molecular complexity index is 1640. The molecule has 0 bridgehead atoms. The van der Waals surface area contributed by atoms with Crippen LogP contribution in [0.5, 0.6) is 5.75 Å². The molecule has 0 aliphatic carbocycles. The van der Waals surface area contributed by atoms with Crippen LogP contribution in [0, 0.1) is 13.8 Å². The van der Waals surface area contributed by atoms with Crippen molar-refractivity contribution in [3.8, 4) is 5.75 Å². The van der Waals surface area contributed by atoms with Gasteiger partial charge in [-0.25, -0.2) is 4.98 Å². The zero-order chi connectivity index (χ0) is 26.0. The Balaban J connectivity index is 1.54. The summed E-state index contributed by atoms with van der Waals surface area (Å²) in [7, 11) is 0. The number of ether oxygens (including phenoxy) is 1. The highest BCUT2D eigenvalue weighted by atomic mass is 79.9. The van der Waals surface area contributed by atoms with Crippen LogP contribution in [0.4, 0.5) is 5.13 Å². The van der Waals surface area contributed by atoms with E-state index in [0.717, 1.165) is 37.1 Å². The molecule has 0 radical (unpaired) electrons. The molecule has 1 saturated heterocycles. The molecular weight excluding hydrogens is 552 g/mol. The van der Waals surface area contributed by atoms with Crippen molar-refractivity contribution in [2.75, 3.05) is 4.90 Å². The lowest BCUT2D eigenvalue weighted by atomic mass is 9.94. The number of fused-ring (bicyclic) bond motifs is 2. The SMILES string of the molecule is Cc1cc(C)c2nc(N3C(=O)C(=O)C(=C(O)c4ccc5c(c4)C[C@@H](C)O5)[C@H]3c3ccc(Br)cc3)sc2c1. The molecule has 1 fully saturated rings. The van der Waals surface area contributed by atoms with Crippen molar-refractivity contribution in [1.82, 2.24) is 4.98 Å². The third-order valence-electron chi connectivity index (χ3n) is 6.82. The molecule has 6 rings (SSSR count). The third kappa shape index (κ3) is 3.95. The molecule has 4 aromatic rings. The lowest BCUT2D eigenvalue weighted by Gasteiger charge is -2.23. The normalized spacial score (nSPS) is 20.5. The van der Waals surface area contributed by atoms with Crippen molar-refractivity contribution in [3.05, 3.63) is 92.5 Å². The number of amides is 1. The van der Waals surface area contributed by atoms with Crippen molar-refractivity contribution in [3.63, 3.8) is 0 Å². The minimum Gasteiger partial charge on any atom is -0.507 e. The maximum Gasteiger partial charge on any atom is 0.301 e. The second-order valence-electron chi connectivity index (χ2n) is 9.60. The van der Waals surface area contributed by atoms with Gasteiger partial charge in [0.15, 0.2) is 5.13 Å². The molecule has 2 aliphatic heterocycles. The molecule has 0 saturated carbocycles. The van der Waals surface area contributed by atoms with Crippen molar-refractivity contribution < 1.29 is 19.4 Å². The summed E-state index contributed by atoms with van der Waals surface area (Å²) in [6.45, 7) is 5.99. The number of ketones is 1. The topological polar surface area (TPSA) is 79.7 Å². The number of Topliss-reactive ketones (excluding diaryl/α,β-unsaturated/α-hetero) is 1. The maximum atomic E-state index is 13.5. The number of hydrogen-bond donors (Lipinski definition) is 1. The highest BCUT2D eigenvalue weighted by Crippen LogP contribution is 2.45. The molecule has 1 aromatic heterocycles. The van der Waals surface area contributed by atoms with Crippen molar-refractivity contribution >= 4 is 60.1 Å². The molecule has 2 aliphatic rings. The summed E-state index contributed by atoms with van der Waals surface area (Å²) < 4.78 is 7.60. The molecule has 1 N–H and O–H groups in total. The number of thiazole rings is 1. The summed E-state index contributed by atoms with van der Waals surface area (Å²) in [5, 5.41) is 11.9. The number of aryl methyl sites for hydroxylation is 2. The molecule has 37 heavy (non-hydrogen) atoms. The van der Waals surface area contributed by atoms with Gasteiger partial charge in [-0.2, -0.15) is 0 Å². The number of aromatic nitrogens is 1. The monoisotopic (exact) mass is 574 g/mol. The summed E-state index contributed by atoms with van der Waals surface area (Å²) in [5.74, 6) is -0.873. The average Bonchev–Trinajstić information content (AvgIpc) is 3.52. The van der Waals surface area contributed by atoms with Gasteiger partial charge in [0, 0.05) is 16.5 Å². The lowest BCUT2D eigenvalue weighted by molar-refractivity contribution is -0.132. The Morgan fingerprint density at radius 2 is 1.86 bits per heavy atom. The van der Waals surface area contributed by atoms with Crippen LogP contribution >= 0.6 is 27.3 Å². The maximum absolute atomic E-state index is 13.5. The summed E-state index contributed by atoms with van der Waals surface area (Å²) >= 11 is 4.83. The first-order chi connectivity index (χ1) is 17.7. The molecule has 0 unspecified atom stereocenters. The Morgan fingerprint density at radius 3 is 2.62 bits per heavy atom. The van der Waals surface area contributed by atoms with E-state index in [-0.39, 0.29) is 17.4 Å². The van der Waals surface area contributed by atoms with E-state index in [1.54, 1.807) is 12.1 Å². The number of hydrogen-bond acceptors (Lipinski definition) is 6. The van der Waals surface area contributed by atoms with Crippen LogP contribution in [-0.2, 0) is 16.0 Å². The van der Waals surface area contributed by atoms with Gasteiger partial charge in [-0.15, -0.1) is 0 Å². The fourth-order valence-corrected chi connectivity index (χ4v) is 6.61. The summed E-state index contributed by atoms with van der Waals surface area (Å²) in [6, 6.07) is 16.0. The van der Waals surface area contributed by atoms with Crippen molar-refractivity contribution in [2.45, 2.75) is 39.3 Å². The molecule has 2 atom stereocenters. The van der Waals surface area contributed by atoms with Crippen LogP contribution < -0.4 is 9.64 Å². The van der Waals surface area contributed by atoms with Gasteiger partial charge in [-0.3, -0.25) is 14.5 Å². The number of benzene rings is 3. The van der Waals surface area contributed by atoms with E-state index in [0.29, 0.717) is 22.7 Å². The molecule has 3 heterocycles. The first-order valence-corrected chi connectivity index (χ1v) is 13.6. The van der Waals surface area contributed by atoms with E-state index >= 15 is 0 Å². The highest BCUT2D eigenvalue weighted by Gasteiger charge is 2.48. The fourth-order valence-electron chi connectivity index (χ4n) is 5.18. The lowest BCUT2D eigenvalue weighted by Crippen LogP contribution is -2.29. The van der Waals surface area contributed by atoms with Gasteiger partial charge >= 0.3 is 5.91 Å². The Hall–Kier alpha value is -3.49. The molecule has 6 nitrogen and oxygen atoms in total. The van der Waals surface area contributed by atoms with Gasteiger partial charge < -0.3 is 9.84 Å². The zero-order valence-electron chi connectivity index (χ0n) is 20.4. The first-order valence-electron chi connectivity index (χ1n) is 12.0. The quantitative estimate of drug-likeness (QED) is 0.169. The molecule has 1 amide bonds. The molecule has 8 heteroatoms. The van der Waals surface area contributed by atoms with Crippen molar-refractivity contribution in [1.29, 1.82) is 0 Å². The Kier molecular flexibility index (Phi) is 5.69. The van der Waals surface area contributed by atoms with Crippen LogP contribution in [0.25, 0.3) is 16.0 Å². The second-order valence-corrected chi connectivity index (χ2v) is 11.5. The number of halogens is 1. The number of anilines is 1. The number of aliphatic hydroxyl groups is 1. The summed E-state index contributed by atoms with van der Waals surface area (Å²) in [6.07, 6.45) is 0.762. The van der Waals surface area contributed by atoms with Gasteiger partial charge in [0.25, 0.3) is 5.78 Å². The van der Waals surface area contributed by atoms with Gasteiger partial charge in [-0.1, -0.05) is 45.5 Å². The first kappa shape index (κ1) is 23.9. The smallest absolute Gasteiger partial charge is 0.301 e. The number of aliphatic hydroxyl groups excluding tert-OH is 1. The molecule has 3 aromatic carbocycles. The van der Waals surface area contributed by atoms with Crippen LogP contribution in [0.2, 0.25) is 0 Å². The largest absolute Gasteiger partial charge is 0.507 e. The van der Waals surface area contributed by atoms with Crippen LogP contribution in [-0.4, -0.2) is 27.9 Å². The molecule has 0 spiro atoms. The zero-order valence-corrected chi connectivity index (χ0v) is 22.8. The van der Waals surface area contributed by atoms with E-state index in [1.807, 2.05) is 63.2 Å². The minimum atomic E-state index is -0.821. The average molecular weight is 575 g/mol. The molecule has 186 valence electrons. The Labute approximate surface area is 226 Å². The van der Waals surface area contributed by atoms with Crippen LogP contribution in [0.15, 0.2) is 64.6 Å². The molecular formula is C29H23BrN2O4S. The fraction of sp³-hybridized carbons (Fsp3) is 0.207. The Morgan fingerprint density at radius 1 is 1.11 bits per heavy atom. The van der Waals surface area contributed by atoms with Crippen molar-refractivity contribution in [2.24, 2.45) is 0 Å². The summed E-state index contributed by atoms with van der Waals surface area (Å²) in [4.78, 5) is 33.2. The van der Waals surface area contributed by atoms with E-state index in [2.05, 4.69) is 15.9 Å². The standard InChI is InChI=1S/C29H23BrN2O4S/c1-14-10-15(2)24-22(11-14)37-29(31-24)32-25(17-4-7-20(30)8-5-17)23(27(34)28(32)35)26(33)18-6-9-21-19(13-18)12-16(3)36-21/h4-11,13,16,25,33H,12H2,1-3H3/t16-,25-/m1/s1. The number of rotatable bonds is 3. The number of carbonyl (C=O) groups excluding carboxylic acids is 2. The van der Waals surface area contributed by atoms with Gasteiger partial charge in [0.05, 0.1) is 21.8 Å². The number of carbonyl (C=O) groups is 2. The van der Waals surface area contributed by atoms with E-state index in [9.17, 15) is 14.7 Å². The van der Waals surface area contributed by atoms with Crippen LogP contribution in [0.3, 0.4) is 0 Å². The predicted molar refractivity (Wildman–Crippen MR) is 148 cm³/mol. The van der Waals surface area contributed by atoms with Gasteiger partial charge in [-0.05, 0) is 79.4 Å². The minimum absolute atomic E-state index is 0.0476. The van der Waals surface area contributed by atoms with Gasteiger partial charge in [0.2, 0.25) is 0 Å².